The van der Waals surface area contributed by atoms with Gasteiger partial charge in [0, 0.05) is 17.3 Å². The Morgan fingerprint density at radius 3 is 2.43 bits per heavy atom. The maximum Gasteiger partial charge on any atom is 0.144 e. The summed E-state index contributed by atoms with van der Waals surface area (Å²) < 4.78 is 22.3. The lowest BCUT2D eigenvalue weighted by molar-refractivity contribution is -0.180. The molecule has 1 saturated heterocycles. The highest BCUT2D eigenvalue weighted by atomic mass is 79.9. The molecule has 1 saturated carbocycles. The number of alkyl halides is 1. The van der Waals surface area contributed by atoms with Crippen molar-refractivity contribution < 1.29 is 14.2 Å². The van der Waals surface area contributed by atoms with E-state index in [4.69, 9.17) is 4.74 Å². The van der Waals surface area contributed by atoms with Crippen molar-refractivity contribution in [1.29, 1.82) is 0 Å². The molecule has 0 amide bonds. The minimum absolute atomic E-state index is 0.255. The molecule has 2 unspecified atom stereocenters. The van der Waals surface area contributed by atoms with Crippen molar-refractivity contribution in [2.45, 2.75) is 62.3 Å². The summed E-state index contributed by atoms with van der Waals surface area (Å²) in [6.45, 7) is 0.375. The van der Waals surface area contributed by atoms with Crippen LogP contribution in [0.3, 0.4) is 0 Å². The zero-order valence-electron chi connectivity index (χ0n) is 12.2. The lowest BCUT2D eigenvalue weighted by Gasteiger charge is -2.47. The Morgan fingerprint density at radius 1 is 1.10 bits per heavy atom. The summed E-state index contributed by atoms with van der Waals surface area (Å²) in [5.74, 6) is 0. The Hall–Kier alpha value is -0.450. The standard InChI is InChI=1S/C17H22BrFO2/c18-14-6-4-13(5-7-14)15-12-16(19,10-11-21-15)17(20)8-2-1-3-9-17/h4-7,15,20H,1-3,8-12H2. The third kappa shape index (κ3) is 3.03. The van der Waals surface area contributed by atoms with Gasteiger partial charge in [-0.2, -0.15) is 0 Å². The van der Waals surface area contributed by atoms with Crippen molar-refractivity contribution in [3.63, 3.8) is 0 Å². The second kappa shape index (κ2) is 5.98. The predicted molar refractivity (Wildman–Crippen MR) is 83.9 cm³/mol. The molecule has 0 spiro atoms. The van der Waals surface area contributed by atoms with Crippen molar-refractivity contribution in [1.82, 2.24) is 0 Å². The van der Waals surface area contributed by atoms with Gasteiger partial charge in [0.25, 0.3) is 0 Å². The minimum atomic E-state index is -1.52. The second-order valence-corrected chi connectivity index (χ2v) is 7.34. The van der Waals surface area contributed by atoms with Gasteiger partial charge in [0.05, 0.1) is 18.3 Å². The number of hydrogen-bond acceptors (Lipinski definition) is 2. The molecule has 0 bridgehead atoms. The van der Waals surface area contributed by atoms with Gasteiger partial charge in [-0.05, 0) is 30.5 Å². The highest BCUT2D eigenvalue weighted by Gasteiger charge is 2.53. The molecule has 21 heavy (non-hydrogen) atoms. The maximum atomic E-state index is 15.5. The molecule has 2 aliphatic rings. The monoisotopic (exact) mass is 356 g/mol. The third-order valence-corrected chi connectivity index (χ3v) is 5.61. The van der Waals surface area contributed by atoms with Crippen LogP contribution >= 0.6 is 15.9 Å². The fraction of sp³-hybridized carbons (Fsp3) is 0.647. The molecular formula is C17H22BrFO2. The normalized spacial score (nSPS) is 32.8. The van der Waals surface area contributed by atoms with Crippen LogP contribution in [0.4, 0.5) is 4.39 Å². The van der Waals surface area contributed by atoms with E-state index in [1.807, 2.05) is 24.3 Å². The maximum absolute atomic E-state index is 15.5. The number of benzene rings is 1. The average Bonchev–Trinajstić information content (AvgIpc) is 2.49. The van der Waals surface area contributed by atoms with Crippen LogP contribution in [0.1, 0.15) is 56.6 Å². The molecule has 0 aromatic heterocycles. The largest absolute Gasteiger partial charge is 0.387 e. The Morgan fingerprint density at radius 2 is 1.76 bits per heavy atom. The molecule has 1 aliphatic heterocycles. The number of halogens is 2. The fourth-order valence-corrected chi connectivity index (χ4v) is 3.98. The molecule has 2 fully saturated rings. The molecular weight excluding hydrogens is 335 g/mol. The summed E-state index contributed by atoms with van der Waals surface area (Å²) in [6.07, 6.45) is 4.40. The zero-order chi connectivity index (χ0) is 14.9. The second-order valence-electron chi connectivity index (χ2n) is 6.42. The van der Waals surface area contributed by atoms with E-state index in [0.29, 0.717) is 25.9 Å². The quantitative estimate of drug-likeness (QED) is 0.831. The summed E-state index contributed by atoms with van der Waals surface area (Å²) in [4.78, 5) is 0. The van der Waals surface area contributed by atoms with E-state index in [0.717, 1.165) is 29.3 Å². The van der Waals surface area contributed by atoms with Crippen LogP contribution in [-0.4, -0.2) is 23.0 Å². The van der Waals surface area contributed by atoms with Gasteiger partial charge >= 0.3 is 0 Å². The van der Waals surface area contributed by atoms with Crippen molar-refractivity contribution in [3.8, 4) is 0 Å². The van der Waals surface area contributed by atoms with E-state index in [1.54, 1.807) is 0 Å². The molecule has 2 atom stereocenters. The van der Waals surface area contributed by atoms with Crippen LogP contribution in [-0.2, 0) is 4.74 Å². The summed E-state index contributed by atoms with van der Waals surface area (Å²) in [5, 5.41) is 10.8. The molecule has 1 aromatic rings. The molecule has 1 heterocycles. The van der Waals surface area contributed by atoms with Gasteiger partial charge in [0.2, 0.25) is 0 Å². The molecule has 4 heteroatoms. The van der Waals surface area contributed by atoms with Gasteiger partial charge < -0.3 is 9.84 Å². The third-order valence-electron chi connectivity index (χ3n) is 5.08. The van der Waals surface area contributed by atoms with Gasteiger partial charge in [0.15, 0.2) is 0 Å². The molecule has 116 valence electrons. The Kier molecular flexibility index (Phi) is 4.40. The highest BCUT2D eigenvalue weighted by molar-refractivity contribution is 9.10. The lowest BCUT2D eigenvalue weighted by atomic mass is 9.69. The number of hydrogen-bond donors (Lipinski definition) is 1. The summed E-state index contributed by atoms with van der Waals surface area (Å²) in [5.41, 5.74) is -1.70. The smallest absolute Gasteiger partial charge is 0.144 e. The van der Waals surface area contributed by atoms with Crippen LogP contribution in [0.5, 0.6) is 0 Å². The summed E-state index contributed by atoms with van der Waals surface area (Å²) >= 11 is 3.41. The van der Waals surface area contributed by atoms with Crippen molar-refractivity contribution >= 4 is 15.9 Å². The SMILES string of the molecule is OC1(C2(F)CCOC(c3ccc(Br)cc3)C2)CCCCC1. The highest BCUT2D eigenvalue weighted by Crippen LogP contribution is 2.48. The molecule has 1 N–H and O–H groups in total. The number of aliphatic hydroxyl groups is 1. The molecule has 2 nitrogen and oxygen atoms in total. The zero-order valence-corrected chi connectivity index (χ0v) is 13.7. The first-order chi connectivity index (χ1) is 10.0. The molecule has 1 aromatic carbocycles. The number of rotatable bonds is 2. The fourth-order valence-electron chi connectivity index (χ4n) is 3.72. The molecule has 3 rings (SSSR count). The van der Waals surface area contributed by atoms with E-state index >= 15 is 4.39 Å². The van der Waals surface area contributed by atoms with Gasteiger partial charge in [-0.3, -0.25) is 0 Å². The van der Waals surface area contributed by atoms with E-state index in [-0.39, 0.29) is 12.5 Å². The van der Waals surface area contributed by atoms with Crippen molar-refractivity contribution in [2.24, 2.45) is 0 Å². The van der Waals surface area contributed by atoms with Crippen LogP contribution < -0.4 is 0 Å². The first kappa shape index (κ1) is 15.4. The van der Waals surface area contributed by atoms with Gasteiger partial charge in [-0.15, -0.1) is 0 Å². The Bertz CT molecular complexity index is 484. The topological polar surface area (TPSA) is 29.5 Å². The van der Waals surface area contributed by atoms with E-state index in [9.17, 15) is 5.11 Å². The Balaban J connectivity index is 1.79. The number of ether oxygens (including phenoxy) is 1. The van der Waals surface area contributed by atoms with Crippen LogP contribution in [0.2, 0.25) is 0 Å². The Labute approximate surface area is 133 Å². The van der Waals surface area contributed by atoms with E-state index < -0.39 is 11.3 Å². The minimum Gasteiger partial charge on any atom is -0.387 e. The summed E-state index contributed by atoms with van der Waals surface area (Å²) in [7, 11) is 0. The molecule has 1 aliphatic carbocycles. The lowest BCUT2D eigenvalue weighted by Crippen LogP contribution is -2.55. The predicted octanol–water partition coefficient (Wildman–Crippen LogP) is 4.70. The first-order valence-electron chi connectivity index (χ1n) is 7.81. The van der Waals surface area contributed by atoms with Crippen molar-refractivity contribution in [2.75, 3.05) is 6.61 Å². The van der Waals surface area contributed by atoms with Crippen molar-refractivity contribution in [3.05, 3.63) is 34.3 Å². The summed E-state index contributed by atoms with van der Waals surface area (Å²) in [6, 6.07) is 7.82. The van der Waals surface area contributed by atoms with Crippen LogP contribution in [0, 0.1) is 0 Å². The van der Waals surface area contributed by atoms with E-state index in [2.05, 4.69) is 15.9 Å². The van der Waals surface area contributed by atoms with Crippen LogP contribution in [0.15, 0.2) is 28.7 Å². The molecule has 0 radical (unpaired) electrons. The van der Waals surface area contributed by atoms with Gasteiger partial charge in [-0.25, -0.2) is 4.39 Å². The average molecular weight is 357 g/mol. The van der Waals surface area contributed by atoms with Gasteiger partial charge in [0.1, 0.15) is 5.67 Å². The first-order valence-corrected chi connectivity index (χ1v) is 8.60. The van der Waals surface area contributed by atoms with E-state index in [1.165, 1.54) is 0 Å². The van der Waals surface area contributed by atoms with Gasteiger partial charge in [-0.1, -0.05) is 47.3 Å². The van der Waals surface area contributed by atoms with Crippen LogP contribution in [0.25, 0.3) is 0 Å².